The number of esters is 4. The number of carbonyl (C=O) groups is 7. The molecule has 4 unspecified atom stereocenters. The molecule has 2 N–H and O–H groups in total. The molecule has 0 spiro atoms. The highest BCUT2D eigenvalue weighted by Crippen LogP contribution is 2.39. The molecule has 274 valence electrons. The highest BCUT2D eigenvalue weighted by molar-refractivity contribution is 5.89. The summed E-state index contributed by atoms with van der Waals surface area (Å²) in [6.07, 6.45) is 2.28. The second-order valence-corrected chi connectivity index (χ2v) is 14.8. The van der Waals surface area contributed by atoms with Crippen molar-refractivity contribution in [2.45, 2.75) is 149 Å². The predicted molar refractivity (Wildman–Crippen MR) is 172 cm³/mol. The number of carboxylic acid groups (broad SMARTS) is 1. The van der Waals surface area contributed by atoms with Gasteiger partial charge in [-0.1, -0.05) is 25.7 Å². The smallest absolute Gasteiger partial charge is 0.306 e. The van der Waals surface area contributed by atoms with Crippen LogP contribution in [-0.4, -0.2) is 82.1 Å². The zero-order valence-corrected chi connectivity index (χ0v) is 29.8. The molecule has 0 aromatic carbocycles. The molecule has 0 bridgehead atoms. The largest absolute Gasteiger partial charge is 0.481 e. The van der Waals surface area contributed by atoms with E-state index < -0.39 is 70.9 Å². The molecule has 13 heteroatoms. The summed E-state index contributed by atoms with van der Waals surface area (Å²) in [5.41, 5.74) is -1.24. The van der Waals surface area contributed by atoms with E-state index in [4.69, 9.17) is 19.3 Å². The van der Waals surface area contributed by atoms with E-state index in [1.54, 1.807) is 41.5 Å². The van der Waals surface area contributed by atoms with Crippen LogP contribution < -0.4 is 0 Å². The highest BCUT2D eigenvalue weighted by atomic mass is 16.6. The van der Waals surface area contributed by atoms with Gasteiger partial charge in [-0.05, 0) is 66.2 Å². The lowest BCUT2D eigenvalue weighted by Gasteiger charge is -2.27. The van der Waals surface area contributed by atoms with Crippen LogP contribution in [0, 0.1) is 23.7 Å². The summed E-state index contributed by atoms with van der Waals surface area (Å²) in [5.74, 6) is -4.03. The summed E-state index contributed by atoms with van der Waals surface area (Å²) in [7, 11) is 1.24. The molecular weight excluding hydrogens is 628 g/mol. The third-order valence-corrected chi connectivity index (χ3v) is 7.57. The quantitative estimate of drug-likeness (QED) is 0.142. The van der Waals surface area contributed by atoms with Crippen molar-refractivity contribution in [2.24, 2.45) is 23.7 Å². The van der Waals surface area contributed by atoms with Gasteiger partial charge >= 0.3 is 29.8 Å². The van der Waals surface area contributed by atoms with Gasteiger partial charge in [-0.15, -0.1) is 0 Å². The van der Waals surface area contributed by atoms with E-state index in [0.29, 0.717) is 24.7 Å². The number of ether oxygens (including phenoxy) is 4. The monoisotopic (exact) mass is 684 g/mol. The molecular formula is C35H56O13. The van der Waals surface area contributed by atoms with E-state index in [0.717, 1.165) is 25.7 Å². The van der Waals surface area contributed by atoms with Gasteiger partial charge in [0.2, 0.25) is 0 Å². The fourth-order valence-corrected chi connectivity index (χ4v) is 5.11. The Kier molecular flexibility index (Phi) is 17.4. The summed E-state index contributed by atoms with van der Waals surface area (Å²) in [6.45, 7) is 11.8. The fraction of sp³-hybridized carbons (Fsp3) is 0.800. The van der Waals surface area contributed by atoms with Crippen LogP contribution in [0.1, 0.15) is 126 Å². The average Bonchev–Trinajstić information content (AvgIpc) is 3.87. The van der Waals surface area contributed by atoms with Gasteiger partial charge in [0.25, 0.3) is 0 Å². The Morgan fingerprint density at radius 3 is 1.50 bits per heavy atom. The van der Waals surface area contributed by atoms with Crippen LogP contribution >= 0.6 is 0 Å². The Bertz CT molecular complexity index is 1120. The number of rotatable bonds is 19. The second-order valence-electron chi connectivity index (χ2n) is 14.8. The number of aliphatic hydroxyl groups is 1. The van der Waals surface area contributed by atoms with Gasteiger partial charge in [-0.25, -0.2) is 0 Å². The molecule has 48 heavy (non-hydrogen) atoms. The summed E-state index contributed by atoms with van der Waals surface area (Å²) >= 11 is 0. The Labute approximate surface area is 283 Å². The summed E-state index contributed by atoms with van der Waals surface area (Å²) in [5, 5.41) is 18.8. The van der Waals surface area contributed by atoms with E-state index >= 15 is 0 Å². The number of Topliss-reactive ketones (excluding diaryl/α,β-unsaturated/α-hetero) is 2. The number of ketones is 2. The van der Waals surface area contributed by atoms with Crippen LogP contribution in [0.2, 0.25) is 0 Å². The third kappa shape index (κ3) is 20.1. The summed E-state index contributed by atoms with van der Waals surface area (Å²) in [4.78, 5) is 81.9. The molecule has 2 rings (SSSR count). The van der Waals surface area contributed by atoms with Gasteiger partial charge < -0.3 is 29.2 Å². The van der Waals surface area contributed by atoms with Crippen molar-refractivity contribution in [3.63, 3.8) is 0 Å². The van der Waals surface area contributed by atoms with Crippen molar-refractivity contribution >= 4 is 41.4 Å². The first kappa shape index (κ1) is 42.7. The first-order chi connectivity index (χ1) is 22.1. The normalized spacial score (nSPS) is 16.9. The van der Waals surface area contributed by atoms with Gasteiger partial charge in [-0.2, -0.15) is 0 Å². The molecule has 2 saturated carbocycles. The molecule has 0 aliphatic heterocycles. The zero-order valence-electron chi connectivity index (χ0n) is 29.8. The number of carbonyl (C=O) groups excluding carboxylic acids is 6. The Balaban J connectivity index is 0.000000487. The van der Waals surface area contributed by atoms with E-state index in [9.17, 15) is 38.7 Å². The Morgan fingerprint density at radius 2 is 1.10 bits per heavy atom. The maximum atomic E-state index is 12.6. The van der Waals surface area contributed by atoms with Gasteiger partial charge in [0.15, 0.2) is 17.7 Å². The highest BCUT2D eigenvalue weighted by Gasteiger charge is 2.38. The van der Waals surface area contributed by atoms with E-state index in [1.807, 2.05) is 0 Å². The van der Waals surface area contributed by atoms with Crippen LogP contribution in [0.15, 0.2) is 0 Å². The Morgan fingerprint density at radius 1 is 0.667 bits per heavy atom. The minimum absolute atomic E-state index is 0.00428. The molecule has 13 nitrogen and oxygen atoms in total. The first-order valence-corrected chi connectivity index (χ1v) is 16.7. The van der Waals surface area contributed by atoms with Gasteiger partial charge in [0, 0.05) is 31.6 Å². The topological polar surface area (TPSA) is 197 Å². The molecule has 0 amide bonds. The lowest BCUT2D eigenvalue weighted by Crippen LogP contribution is -2.37. The van der Waals surface area contributed by atoms with Gasteiger partial charge in [0.1, 0.15) is 17.3 Å². The molecule has 2 aliphatic rings. The van der Waals surface area contributed by atoms with Crippen molar-refractivity contribution in [3.8, 4) is 0 Å². The van der Waals surface area contributed by atoms with Crippen molar-refractivity contribution in [2.75, 3.05) is 7.11 Å². The molecule has 0 heterocycles. The first-order valence-electron chi connectivity index (χ1n) is 16.7. The van der Waals surface area contributed by atoms with Crippen LogP contribution in [0.5, 0.6) is 0 Å². The number of carboxylic acids is 1. The average molecular weight is 685 g/mol. The van der Waals surface area contributed by atoms with Crippen LogP contribution in [0.3, 0.4) is 0 Å². The zero-order chi connectivity index (χ0) is 36.8. The third-order valence-electron chi connectivity index (χ3n) is 7.57. The van der Waals surface area contributed by atoms with Gasteiger partial charge in [-0.3, -0.25) is 33.6 Å². The van der Waals surface area contributed by atoms with Crippen LogP contribution in [-0.2, 0) is 52.5 Å². The number of hydrogen-bond acceptors (Lipinski definition) is 12. The lowest BCUT2D eigenvalue weighted by atomic mass is 9.88. The number of methoxy groups -OCH3 is 1. The Hall–Kier alpha value is -3.35. The van der Waals surface area contributed by atoms with E-state index in [-0.39, 0.29) is 44.3 Å². The standard InChI is InChI=1S/C19H30O7.C16H26O6/c1-12(20)25-18(15(21)8-9-16(22)24-5)14(10-13-6-7-13)11-17(23)26-19(2,3)4;1-16(2,3)22-14(20)9-11(8-10-4-5-10)15(21)12(17)6-7-13(18)19/h13-14,18H,6-11H2,1-5H3;10-11,15,21H,4-9H2,1-3H3,(H,18,19). The van der Waals surface area contributed by atoms with Crippen molar-refractivity contribution in [1.29, 1.82) is 0 Å². The molecule has 0 saturated heterocycles. The van der Waals surface area contributed by atoms with Crippen LogP contribution in [0.4, 0.5) is 0 Å². The molecule has 2 fully saturated rings. The fourth-order valence-electron chi connectivity index (χ4n) is 5.11. The predicted octanol–water partition coefficient (Wildman–Crippen LogP) is 4.52. The maximum absolute atomic E-state index is 12.6. The molecule has 2 aliphatic carbocycles. The lowest BCUT2D eigenvalue weighted by molar-refractivity contribution is -0.164. The number of hydrogen-bond donors (Lipinski definition) is 2. The summed E-state index contributed by atoms with van der Waals surface area (Å²) < 4.78 is 20.4. The minimum atomic E-state index is -1.30. The SMILES string of the molecule is CC(C)(C)OC(=O)CC(CC1CC1)C(O)C(=O)CCC(=O)O.COC(=O)CCC(=O)C(OC(C)=O)C(CC(=O)OC(C)(C)C)CC1CC1. The molecule has 4 atom stereocenters. The van der Waals surface area contributed by atoms with E-state index in [2.05, 4.69) is 4.74 Å². The maximum Gasteiger partial charge on any atom is 0.306 e. The summed E-state index contributed by atoms with van der Waals surface area (Å²) in [6, 6.07) is 0. The van der Waals surface area contributed by atoms with Crippen molar-refractivity contribution in [1.82, 2.24) is 0 Å². The molecule has 0 radical (unpaired) electrons. The van der Waals surface area contributed by atoms with Crippen molar-refractivity contribution in [3.05, 3.63) is 0 Å². The van der Waals surface area contributed by atoms with Crippen molar-refractivity contribution < 1.29 is 62.7 Å². The number of aliphatic carboxylic acids is 1. The molecule has 0 aromatic heterocycles. The van der Waals surface area contributed by atoms with Crippen LogP contribution in [0.25, 0.3) is 0 Å². The second kappa shape index (κ2) is 19.6. The molecule has 0 aromatic rings. The van der Waals surface area contributed by atoms with E-state index in [1.165, 1.54) is 14.0 Å². The number of aliphatic hydroxyl groups excluding tert-OH is 1. The van der Waals surface area contributed by atoms with Gasteiger partial charge in [0.05, 0.1) is 32.8 Å². The minimum Gasteiger partial charge on any atom is -0.481 e.